The number of aromatic nitrogens is 2. The number of carbonyl (C=O) groups is 1. The van der Waals surface area contributed by atoms with Gasteiger partial charge in [0.1, 0.15) is 11.1 Å². The van der Waals surface area contributed by atoms with Crippen molar-refractivity contribution in [3.05, 3.63) is 38.1 Å². The quantitative estimate of drug-likeness (QED) is 0.619. The third kappa shape index (κ3) is 3.94. The lowest BCUT2D eigenvalue weighted by molar-refractivity contribution is -0.113. The van der Waals surface area contributed by atoms with Gasteiger partial charge in [-0.1, -0.05) is 25.6 Å². The van der Waals surface area contributed by atoms with E-state index >= 15 is 0 Å². The molecule has 1 amide bonds. The Morgan fingerprint density at radius 1 is 1.52 bits per heavy atom. The number of amides is 1. The molecule has 1 aliphatic carbocycles. The summed E-state index contributed by atoms with van der Waals surface area (Å²) in [5.74, 6) is 0.0546. The van der Waals surface area contributed by atoms with E-state index in [1.165, 1.54) is 34.0 Å². The number of thioether (sulfide) groups is 1. The number of hydrogen-bond acceptors (Lipinski definition) is 6. The van der Waals surface area contributed by atoms with Crippen molar-refractivity contribution in [1.29, 1.82) is 5.26 Å². The number of rotatable bonds is 5. The third-order valence-electron chi connectivity index (χ3n) is 3.96. The molecule has 2 N–H and O–H groups in total. The Hall–Kier alpha value is -2.11. The lowest BCUT2D eigenvalue weighted by Gasteiger charge is -2.07. The van der Waals surface area contributed by atoms with Crippen LogP contribution in [-0.4, -0.2) is 21.6 Å². The summed E-state index contributed by atoms with van der Waals surface area (Å²) in [5, 5.41) is 13.3. The number of nitriles is 1. The average Bonchev–Trinajstić information content (AvgIpc) is 3.12. The van der Waals surface area contributed by atoms with Gasteiger partial charge in [-0.3, -0.25) is 9.59 Å². The molecule has 8 heteroatoms. The van der Waals surface area contributed by atoms with Gasteiger partial charge < -0.3 is 10.3 Å². The van der Waals surface area contributed by atoms with E-state index < -0.39 is 0 Å². The molecule has 2 aromatic rings. The monoisotopic (exact) mass is 374 g/mol. The summed E-state index contributed by atoms with van der Waals surface area (Å²) < 4.78 is 0. The van der Waals surface area contributed by atoms with Gasteiger partial charge in [0.2, 0.25) is 5.91 Å². The minimum absolute atomic E-state index is 0.123. The zero-order chi connectivity index (χ0) is 18.0. The molecule has 0 unspecified atom stereocenters. The highest BCUT2D eigenvalue weighted by Crippen LogP contribution is 2.38. The van der Waals surface area contributed by atoms with Gasteiger partial charge in [0, 0.05) is 10.9 Å². The van der Waals surface area contributed by atoms with Crippen molar-refractivity contribution in [2.24, 2.45) is 0 Å². The molecule has 130 valence electrons. The van der Waals surface area contributed by atoms with Crippen LogP contribution in [0.15, 0.2) is 16.0 Å². The van der Waals surface area contributed by atoms with Crippen LogP contribution in [-0.2, 0) is 17.6 Å². The zero-order valence-electron chi connectivity index (χ0n) is 14.0. The molecule has 1 aliphatic rings. The molecule has 2 aromatic heterocycles. The minimum Gasteiger partial charge on any atom is -0.316 e. The highest BCUT2D eigenvalue weighted by atomic mass is 32.2. The van der Waals surface area contributed by atoms with Crippen LogP contribution in [0.25, 0.3) is 0 Å². The van der Waals surface area contributed by atoms with Gasteiger partial charge in [0.25, 0.3) is 5.56 Å². The van der Waals surface area contributed by atoms with E-state index in [1.54, 1.807) is 0 Å². The smallest absolute Gasteiger partial charge is 0.251 e. The predicted octanol–water partition coefficient (Wildman–Crippen LogP) is 3.05. The van der Waals surface area contributed by atoms with Crippen molar-refractivity contribution in [3.63, 3.8) is 0 Å². The van der Waals surface area contributed by atoms with E-state index in [-0.39, 0.29) is 23.1 Å². The molecule has 0 spiro atoms. The topological polar surface area (TPSA) is 98.6 Å². The Kier molecular flexibility index (Phi) is 5.25. The number of fused-ring (bicyclic) bond motifs is 1. The summed E-state index contributed by atoms with van der Waals surface area (Å²) in [5.41, 5.74) is 2.17. The predicted molar refractivity (Wildman–Crippen MR) is 99.4 cm³/mol. The SMILES string of the molecule is CC(C)c1cc(=O)[nH]c(SCC(=O)Nc2sc3c(c2C#N)CCC3)n1. The van der Waals surface area contributed by atoms with E-state index in [0.717, 1.165) is 24.8 Å². The normalized spacial score (nSPS) is 12.9. The second-order valence-corrected chi connectivity index (χ2v) is 8.21. The van der Waals surface area contributed by atoms with Crippen molar-refractivity contribution in [2.75, 3.05) is 11.1 Å². The zero-order valence-corrected chi connectivity index (χ0v) is 15.6. The largest absolute Gasteiger partial charge is 0.316 e. The Labute approximate surface area is 153 Å². The van der Waals surface area contributed by atoms with Gasteiger partial charge >= 0.3 is 0 Å². The summed E-state index contributed by atoms with van der Waals surface area (Å²) in [6.07, 6.45) is 2.96. The Balaban J connectivity index is 1.67. The molecule has 2 heterocycles. The van der Waals surface area contributed by atoms with Gasteiger partial charge in [-0.25, -0.2) is 4.98 Å². The van der Waals surface area contributed by atoms with Gasteiger partial charge in [-0.15, -0.1) is 11.3 Å². The fourth-order valence-corrected chi connectivity index (χ4v) is 4.66. The lowest BCUT2D eigenvalue weighted by atomic mass is 10.1. The van der Waals surface area contributed by atoms with Crippen molar-refractivity contribution in [1.82, 2.24) is 9.97 Å². The fraction of sp³-hybridized carbons (Fsp3) is 0.412. The number of hydrogen-bond donors (Lipinski definition) is 2. The number of nitrogens with one attached hydrogen (secondary N) is 2. The number of anilines is 1. The van der Waals surface area contributed by atoms with E-state index in [1.807, 2.05) is 13.8 Å². The lowest BCUT2D eigenvalue weighted by Crippen LogP contribution is -2.16. The second kappa shape index (κ2) is 7.42. The molecular formula is C17H18N4O2S2. The molecule has 0 radical (unpaired) electrons. The second-order valence-electron chi connectivity index (χ2n) is 6.14. The van der Waals surface area contributed by atoms with Crippen LogP contribution in [0.1, 0.15) is 47.9 Å². The maximum Gasteiger partial charge on any atom is 0.251 e. The maximum absolute atomic E-state index is 12.2. The van der Waals surface area contributed by atoms with E-state index in [9.17, 15) is 14.9 Å². The summed E-state index contributed by atoms with van der Waals surface area (Å²) in [6, 6.07) is 3.68. The molecule has 0 fully saturated rings. The molecule has 0 saturated carbocycles. The van der Waals surface area contributed by atoms with Crippen LogP contribution >= 0.6 is 23.1 Å². The van der Waals surface area contributed by atoms with E-state index in [2.05, 4.69) is 21.4 Å². The maximum atomic E-state index is 12.2. The number of nitrogens with zero attached hydrogens (tertiary/aromatic N) is 2. The number of H-pyrrole nitrogens is 1. The van der Waals surface area contributed by atoms with Crippen LogP contribution < -0.4 is 10.9 Å². The van der Waals surface area contributed by atoms with Gasteiger partial charge in [-0.2, -0.15) is 5.26 Å². The highest BCUT2D eigenvalue weighted by Gasteiger charge is 2.23. The summed E-state index contributed by atoms with van der Waals surface area (Å²) in [4.78, 5) is 32.1. The molecule has 0 bridgehead atoms. The first kappa shape index (κ1) is 17.7. The number of aryl methyl sites for hydroxylation is 1. The Morgan fingerprint density at radius 2 is 2.32 bits per heavy atom. The van der Waals surface area contributed by atoms with Crippen molar-refractivity contribution in [2.45, 2.75) is 44.2 Å². The third-order valence-corrected chi connectivity index (χ3v) is 6.04. The molecule has 0 aliphatic heterocycles. The summed E-state index contributed by atoms with van der Waals surface area (Å²) >= 11 is 2.68. The van der Waals surface area contributed by atoms with Gasteiger partial charge in [-0.05, 0) is 30.7 Å². The van der Waals surface area contributed by atoms with E-state index in [0.29, 0.717) is 21.4 Å². The van der Waals surface area contributed by atoms with Crippen LogP contribution in [0, 0.1) is 11.3 Å². The van der Waals surface area contributed by atoms with Crippen molar-refractivity contribution in [3.8, 4) is 6.07 Å². The van der Waals surface area contributed by atoms with Crippen molar-refractivity contribution >= 4 is 34.0 Å². The Bertz CT molecular complexity index is 908. The van der Waals surface area contributed by atoms with Crippen LogP contribution in [0.5, 0.6) is 0 Å². The first-order valence-electron chi connectivity index (χ1n) is 8.06. The standard InChI is InChI=1S/C17H18N4O2S2/c1-9(2)12-6-14(22)21-17(19-12)24-8-15(23)20-16-11(7-18)10-4-3-5-13(10)25-16/h6,9H,3-5,8H2,1-2H3,(H,20,23)(H,19,21,22). The molecule has 3 rings (SSSR count). The van der Waals surface area contributed by atoms with Gasteiger partial charge in [0.15, 0.2) is 5.16 Å². The molecule has 0 aromatic carbocycles. The number of thiophene rings is 1. The first-order chi connectivity index (χ1) is 12.0. The van der Waals surface area contributed by atoms with Crippen LogP contribution in [0.3, 0.4) is 0 Å². The van der Waals surface area contributed by atoms with Crippen LogP contribution in [0.2, 0.25) is 0 Å². The molecule has 0 atom stereocenters. The number of carbonyl (C=O) groups excluding carboxylic acids is 1. The number of aromatic amines is 1. The molecule has 6 nitrogen and oxygen atoms in total. The highest BCUT2D eigenvalue weighted by molar-refractivity contribution is 7.99. The van der Waals surface area contributed by atoms with Gasteiger partial charge in [0.05, 0.1) is 17.0 Å². The molecule has 0 saturated heterocycles. The molecular weight excluding hydrogens is 356 g/mol. The molecule has 25 heavy (non-hydrogen) atoms. The van der Waals surface area contributed by atoms with E-state index in [4.69, 9.17) is 0 Å². The minimum atomic E-state index is -0.219. The van der Waals surface area contributed by atoms with Crippen LogP contribution in [0.4, 0.5) is 5.00 Å². The summed E-state index contributed by atoms with van der Waals surface area (Å²) in [7, 11) is 0. The van der Waals surface area contributed by atoms with Crippen molar-refractivity contribution < 1.29 is 4.79 Å². The fourth-order valence-electron chi connectivity index (χ4n) is 2.72. The summed E-state index contributed by atoms with van der Waals surface area (Å²) in [6.45, 7) is 3.92. The first-order valence-corrected chi connectivity index (χ1v) is 9.86. The Morgan fingerprint density at radius 3 is 3.04 bits per heavy atom. The average molecular weight is 374 g/mol.